The quantitative estimate of drug-likeness (QED) is 0.463. The molecule has 174 valence electrons. The van der Waals surface area contributed by atoms with Crippen molar-refractivity contribution in [3.8, 4) is 0 Å². The Morgan fingerprint density at radius 3 is 2.30 bits per heavy atom. The summed E-state index contributed by atoms with van der Waals surface area (Å²) in [5, 5.41) is 2.72. The summed E-state index contributed by atoms with van der Waals surface area (Å²) >= 11 is 0. The van der Waals surface area contributed by atoms with Gasteiger partial charge in [-0.2, -0.15) is 0 Å². The molecule has 0 aromatic heterocycles. The second-order valence-corrected chi connectivity index (χ2v) is 8.22. The lowest BCUT2D eigenvalue weighted by atomic mass is 10.1. The van der Waals surface area contributed by atoms with Crippen molar-refractivity contribution in [2.24, 2.45) is 0 Å². The highest BCUT2D eigenvalue weighted by molar-refractivity contribution is 5.69. The molecule has 0 aliphatic carbocycles. The number of alkyl carbamates (subject to hydrolysis) is 1. The third-order valence-corrected chi connectivity index (χ3v) is 4.49. The fraction of sp³-hybridized carbons (Fsp3) is 0.800. The zero-order chi connectivity index (χ0) is 23.3. The highest BCUT2D eigenvalue weighted by Gasteiger charge is 2.30. The first-order chi connectivity index (χ1) is 14.0. The normalized spacial score (nSPS) is 19.0. The molecule has 0 saturated carbocycles. The summed E-state index contributed by atoms with van der Waals surface area (Å²) in [5.41, 5.74) is -0.580. The van der Waals surface area contributed by atoms with Gasteiger partial charge in [0.2, 0.25) is 6.41 Å². The van der Waals surface area contributed by atoms with Gasteiger partial charge in [-0.1, -0.05) is 0 Å². The standard InChI is InChI=1S/C18H33N3O5.C2H4O2/c1-13(19-16(23)26-18(3,4)5)11-20(17(24)25-6)10-9-15-8-7-14(2)21(15)12-22;1-4-2-3/h12-15H,7-11H2,1-6H3,(H,19,23);2H,1H3. The molecule has 1 aliphatic rings. The molecule has 1 aliphatic heterocycles. The van der Waals surface area contributed by atoms with Gasteiger partial charge in [-0.25, -0.2) is 9.59 Å². The molecule has 3 atom stereocenters. The molecule has 1 fully saturated rings. The van der Waals surface area contributed by atoms with Crippen molar-refractivity contribution in [3.63, 3.8) is 0 Å². The van der Waals surface area contributed by atoms with Gasteiger partial charge in [0.25, 0.3) is 6.47 Å². The van der Waals surface area contributed by atoms with Crippen molar-refractivity contribution in [1.82, 2.24) is 15.1 Å². The zero-order valence-electron chi connectivity index (χ0n) is 19.2. The first-order valence-corrected chi connectivity index (χ1v) is 10.0. The van der Waals surface area contributed by atoms with Crippen molar-refractivity contribution in [2.45, 2.75) is 77.6 Å². The summed E-state index contributed by atoms with van der Waals surface area (Å²) in [7, 11) is 2.64. The average Bonchev–Trinajstić information content (AvgIpc) is 3.02. The largest absolute Gasteiger partial charge is 0.471 e. The van der Waals surface area contributed by atoms with Crippen molar-refractivity contribution >= 4 is 25.1 Å². The molecule has 0 aromatic rings. The van der Waals surface area contributed by atoms with E-state index in [1.165, 1.54) is 14.2 Å². The van der Waals surface area contributed by atoms with Crippen LogP contribution < -0.4 is 5.32 Å². The molecule has 1 saturated heterocycles. The predicted octanol–water partition coefficient (Wildman–Crippen LogP) is 2.16. The Kier molecular flexibility index (Phi) is 12.5. The van der Waals surface area contributed by atoms with Crippen LogP contribution in [-0.2, 0) is 23.8 Å². The van der Waals surface area contributed by atoms with E-state index in [1.807, 2.05) is 11.8 Å². The van der Waals surface area contributed by atoms with Gasteiger partial charge in [-0.05, 0) is 53.9 Å². The monoisotopic (exact) mass is 431 g/mol. The van der Waals surface area contributed by atoms with E-state index in [-0.39, 0.29) is 18.1 Å². The molecule has 0 aromatic carbocycles. The van der Waals surface area contributed by atoms with Crippen molar-refractivity contribution < 1.29 is 33.4 Å². The molecule has 1 heterocycles. The number of methoxy groups -OCH3 is 2. The fourth-order valence-corrected chi connectivity index (χ4v) is 3.15. The molecule has 0 spiro atoms. The third-order valence-electron chi connectivity index (χ3n) is 4.49. The van der Waals surface area contributed by atoms with Crippen LogP contribution in [0.25, 0.3) is 0 Å². The van der Waals surface area contributed by atoms with Crippen LogP contribution in [0.1, 0.15) is 53.9 Å². The summed E-state index contributed by atoms with van der Waals surface area (Å²) < 4.78 is 13.9. The topological polar surface area (TPSA) is 114 Å². The van der Waals surface area contributed by atoms with E-state index >= 15 is 0 Å². The molecular weight excluding hydrogens is 394 g/mol. The maximum Gasteiger partial charge on any atom is 0.409 e. The number of hydrogen-bond donors (Lipinski definition) is 1. The van der Waals surface area contributed by atoms with E-state index in [1.54, 1.807) is 32.6 Å². The second-order valence-electron chi connectivity index (χ2n) is 8.22. The lowest BCUT2D eigenvalue weighted by Crippen LogP contribution is -2.47. The van der Waals surface area contributed by atoms with Gasteiger partial charge in [0.1, 0.15) is 5.60 Å². The Morgan fingerprint density at radius 2 is 1.83 bits per heavy atom. The van der Waals surface area contributed by atoms with Crippen LogP contribution in [0.4, 0.5) is 9.59 Å². The van der Waals surface area contributed by atoms with Gasteiger partial charge in [0.05, 0.1) is 14.2 Å². The van der Waals surface area contributed by atoms with Crippen molar-refractivity contribution in [2.75, 3.05) is 27.3 Å². The number of rotatable bonds is 8. The Morgan fingerprint density at radius 1 is 1.23 bits per heavy atom. The van der Waals surface area contributed by atoms with Crippen molar-refractivity contribution in [3.05, 3.63) is 0 Å². The van der Waals surface area contributed by atoms with E-state index in [4.69, 9.17) is 14.3 Å². The lowest BCUT2D eigenvalue weighted by molar-refractivity contribution is -0.126. The predicted molar refractivity (Wildman–Crippen MR) is 111 cm³/mol. The van der Waals surface area contributed by atoms with E-state index in [9.17, 15) is 14.4 Å². The minimum atomic E-state index is -0.580. The smallest absolute Gasteiger partial charge is 0.409 e. The number of carbonyl (C=O) groups excluding carboxylic acids is 4. The number of amides is 3. The first-order valence-electron chi connectivity index (χ1n) is 10.0. The molecule has 1 N–H and O–H groups in total. The maximum atomic E-state index is 12.1. The molecular formula is C20H37N3O7. The van der Waals surface area contributed by atoms with Crippen LogP contribution in [-0.4, -0.2) is 85.9 Å². The van der Waals surface area contributed by atoms with E-state index in [2.05, 4.69) is 10.1 Å². The fourth-order valence-electron chi connectivity index (χ4n) is 3.15. The molecule has 10 nitrogen and oxygen atoms in total. The van der Waals surface area contributed by atoms with Gasteiger partial charge in [-0.3, -0.25) is 9.59 Å². The number of ether oxygens (including phenoxy) is 3. The summed E-state index contributed by atoms with van der Waals surface area (Å²) in [6.45, 7) is 10.3. The number of nitrogens with zero attached hydrogens (tertiary/aromatic N) is 2. The minimum absolute atomic E-state index is 0.128. The van der Waals surface area contributed by atoms with Crippen LogP contribution in [0.15, 0.2) is 0 Å². The van der Waals surface area contributed by atoms with E-state index in [0.29, 0.717) is 26.0 Å². The number of hydrogen-bond acceptors (Lipinski definition) is 7. The van der Waals surface area contributed by atoms with Crippen LogP contribution in [0.2, 0.25) is 0 Å². The Balaban J connectivity index is 0.00000192. The highest BCUT2D eigenvalue weighted by atomic mass is 16.6. The lowest BCUT2D eigenvalue weighted by Gasteiger charge is -2.29. The molecule has 0 bridgehead atoms. The van der Waals surface area contributed by atoms with Gasteiger partial charge >= 0.3 is 12.2 Å². The number of likely N-dealkylation sites (tertiary alicyclic amines) is 1. The summed E-state index contributed by atoms with van der Waals surface area (Å²) in [6, 6.07) is 0.0641. The zero-order valence-corrected chi connectivity index (χ0v) is 19.2. The number of nitrogens with one attached hydrogen (secondary N) is 1. The van der Waals surface area contributed by atoms with Crippen LogP contribution in [0, 0.1) is 0 Å². The summed E-state index contributed by atoms with van der Waals surface area (Å²) in [6.07, 6.45) is 2.49. The Hall–Kier alpha value is -2.52. The van der Waals surface area contributed by atoms with E-state index in [0.717, 1.165) is 19.3 Å². The highest BCUT2D eigenvalue weighted by Crippen LogP contribution is 2.24. The molecule has 1 rings (SSSR count). The average molecular weight is 432 g/mol. The summed E-state index contributed by atoms with van der Waals surface area (Å²) in [5.74, 6) is 0. The van der Waals surface area contributed by atoms with Gasteiger partial charge < -0.3 is 29.3 Å². The maximum absolute atomic E-state index is 12.1. The first kappa shape index (κ1) is 27.5. The van der Waals surface area contributed by atoms with Crippen LogP contribution in [0.5, 0.6) is 0 Å². The SMILES string of the molecule is COC(=O)N(CCC1CCC(C)N1C=O)CC(C)NC(=O)OC(C)(C)C.COC=O. The Labute approximate surface area is 179 Å². The van der Waals surface area contributed by atoms with Gasteiger partial charge in [0, 0.05) is 31.2 Å². The summed E-state index contributed by atoms with van der Waals surface area (Å²) in [4.78, 5) is 47.5. The molecule has 10 heteroatoms. The third kappa shape index (κ3) is 10.9. The van der Waals surface area contributed by atoms with E-state index < -0.39 is 17.8 Å². The van der Waals surface area contributed by atoms with Crippen LogP contribution in [0.3, 0.4) is 0 Å². The Bertz CT molecular complexity index is 551. The minimum Gasteiger partial charge on any atom is -0.471 e. The van der Waals surface area contributed by atoms with Gasteiger partial charge in [0.15, 0.2) is 0 Å². The number of carbonyl (C=O) groups is 4. The molecule has 3 unspecified atom stereocenters. The molecule has 0 radical (unpaired) electrons. The van der Waals surface area contributed by atoms with Gasteiger partial charge in [-0.15, -0.1) is 0 Å². The van der Waals surface area contributed by atoms with Crippen molar-refractivity contribution in [1.29, 1.82) is 0 Å². The second kappa shape index (κ2) is 13.7. The van der Waals surface area contributed by atoms with Crippen LogP contribution >= 0.6 is 0 Å². The molecule has 3 amide bonds. The molecule has 30 heavy (non-hydrogen) atoms.